The SMILES string of the molecule is Fc1cccc(-c2nc(CSc3ncnc4c3cnn4-c3ccccc3)co2)c1. The van der Waals surface area contributed by atoms with E-state index in [9.17, 15) is 4.39 Å². The number of rotatable bonds is 5. The third-order valence-corrected chi connectivity index (χ3v) is 5.35. The number of fused-ring (bicyclic) bond motifs is 1. The number of nitrogens with zero attached hydrogens (tertiary/aromatic N) is 5. The molecular formula is C21H14FN5OS. The van der Waals surface area contributed by atoms with Crippen LogP contribution in [0, 0.1) is 5.82 Å². The van der Waals surface area contributed by atoms with Gasteiger partial charge in [0.2, 0.25) is 5.89 Å². The van der Waals surface area contributed by atoms with Crippen LogP contribution < -0.4 is 0 Å². The quantitative estimate of drug-likeness (QED) is 0.307. The third kappa shape index (κ3) is 3.50. The van der Waals surface area contributed by atoms with E-state index in [4.69, 9.17) is 4.42 Å². The summed E-state index contributed by atoms with van der Waals surface area (Å²) in [6.07, 6.45) is 4.89. The zero-order chi connectivity index (χ0) is 19.6. The molecule has 29 heavy (non-hydrogen) atoms. The van der Waals surface area contributed by atoms with Crippen molar-refractivity contribution in [1.29, 1.82) is 0 Å². The lowest BCUT2D eigenvalue weighted by Crippen LogP contribution is -1.97. The van der Waals surface area contributed by atoms with Gasteiger partial charge in [-0.05, 0) is 30.3 Å². The number of oxazole rings is 1. The molecule has 0 radical (unpaired) electrons. The van der Waals surface area contributed by atoms with Gasteiger partial charge < -0.3 is 4.42 Å². The van der Waals surface area contributed by atoms with Crippen LogP contribution in [0.5, 0.6) is 0 Å². The average Bonchev–Trinajstić information content (AvgIpc) is 3.40. The van der Waals surface area contributed by atoms with Crippen LogP contribution in [0.15, 0.2) is 82.8 Å². The number of benzene rings is 2. The topological polar surface area (TPSA) is 69.6 Å². The molecule has 2 aromatic carbocycles. The summed E-state index contributed by atoms with van der Waals surface area (Å²) in [5.41, 5.74) is 3.04. The molecular weight excluding hydrogens is 389 g/mol. The van der Waals surface area contributed by atoms with E-state index in [1.165, 1.54) is 30.2 Å². The maximum absolute atomic E-state index is 13.4. The number of hydrogen-bond donors (Lipinski definition) is 0. The summed E-state index contributed by atoms with van der Waals surface area (Å²) in [6, 6.07) is 16.0. The smallest absolute Gasteiger partial charge is 0.226 e. The van der Waals surface area contributed by atoms with E-state index in [-0.39, 0.29) is 5.82 Å². The van der Waals surface area contributed by atoms with Crippen molar-refractivity contribution >= 4 is 22.8 Å². The number of hydrogen-bond acceptors (Lipinski definition) is 6. The van der Waals surface area contributed by atoms with Gasteiger partial charge in [0.15, 0.2) is 5.65 Å². The number of para-hydroxylation sites is 1. The van der Waals surface area contributed by atoms with Gasteiger partial charge in [-0.2, -0.15) is 5.10 Å². The fourth-order valence-corrected chi connectivity index (χ4v) is 3.80. The molecule has 3 aromatic heterocycles. The number of aromatic nitrogens is 5. The molecule has 8 heteroatoms. The van der Waals surface area contributed by atoms with Gasteiger partial charge in [0, 0.05) is 11.3 Å². The van der Waals surface area contributed by atoms with Gasteiger partial charge in [-0.15, -0.1) is 0 Å². The van der Waals surface area contributed by atoms with Gasteiger partial charge in [-0.3, -0.25) is 0 Å². The maximum atomic E-state index is 13.4. The van der Waals surface area contributed by atoms with Crippen LogP contribution in [0.25, 0.3) is 28.2 Å². The Morgan fingerprint density at radius 1 is 1.03 bits per heavy atom. The van der Waals surface area contributed by atoms with E-state index in [1.807, 2.05) is 30.3 Å². The van der Waals surface area contributed by atoms with E-state index in [0.717, 1.165) is 27.4 Å². The van der Waals surface area contributed by atoms with Crippen LogP contribution in [0.3, 0.4) is 0 Å². The second-order valence-corrected chi connectivity index (χ2v) is 7.22. The Morgan fingerprint density at radius 3 is 2.79 bits per heavy atom. The van der Waals surface area contributed by atoms with Crippen molar-refractivity contribution in [3.8, 4) is 17.1 Å². The van der Waals surface area contributed by atoms with Gasteiger partial charge in [0.25, 0.3) is 0 Å². The second-order valence-electron chi connectivity index (χ2n) is 6.25. The van der Waals surface area contributed by atoms with Crippen LogP contribution >= 0.6 is 11.8 Å². The number of thioether (sulfide) groups is 1. The highest BCUT2D eigenvalue weighted by atomic mass is 32.2. The largest absolute Gasteiger partial charge is 0.444 e. The van der Waals surface area contributed by atoms with Crippen LogP contribution in [0.4, 0.5) is 4.39 Å². The molecule has 0 aliphatic heterocycles. The molecule has 0 fully saturated rings. The molecule has 5 aromatic rings. The summed E-state index contributed by atoms with van der Waals surface area (Å²) in [4.78, 5) is 13.2. The molecule has 0 aliphatic rings. The minimum atomic E-state index is -0.324. The Balaban J connectivity index is 1.38. The first-order valence-electron chi connectivity index (χ1n) is 8.85. The van der Waals surface area contributed by atoms with Crippen molar-refractivity contribution < 1.29 is 8.81 Å². The molecule has 0 amide bonds. The predicted octanol–water partition coefficient (Wildman–Crippen LogP) is 4.90. The first kappa shape index (κ1) is 17.6. The Bertz CT molecular complexity index is 1280. The average molecular weight is 403 g/mol. The first-order chi connectivity index (χ1) is 14.3. The van der Waals surface area contributed by atoms with Crippen molar-refractivity contribution in [2.45, 2.75) is 10.8 Å². The van der Waals surface area contributed by atoms with E-state index in [0.29, 0.717) is 17.2 Å². The first-order valence-corrected chi connectivity index (χ1v) is 9.84. The van der Waals surface area contributed by atoms with Crippen molar-refractivity contribution in [3.05, 3.63) is 84.9 Å². The molecule has 0 bridgehead atoms. The van der Waals surface area contributed by atoms with Crippen LogP contribution in [0.2, 0.25) is 0 Å². The third-order valence-electron chi connectivity index (χ3n) is 4.31. The second kappa shape index (κ2) is 7.48. The molecule has 6 nitrogen and oxygen atoms in total. The number of halogens is 1. The van der Waals surface area contributed by atoms with Crippen molar-refractivity contribution in [2.24, 2.45) is 0 Å². The lowest BCUT2D eigenvalue weighted by Gasteiger charge is -2.03. The standard InChI is InChI=1S/C21H14FN5OS/c22-15-6-4-5-14(9-15)20-26-16(11-28-20)12-29-21-18-10-25-27(19(18)23-13-24-21)17-7-2-1-3-8-17/h1-11,13H,12H2. The van der Waals surface area contributed by atoms with E-state index < -0.39 is 0 Å². The Labute approximate surface area is 169 Å². The van der Waals surface area contributed by atoms with E-state index in [2.05, 4.69) is 20.1 Å². The van der Waals surface area contributed by atoms with E-state index >= 15 is 0 Å². The normalized spacial score (nSPS) is 11.2. The molecule has 0 unspecified atom stereocenters. The van der Waals surface area contributed by atoms with Crippen LogP contribution in [0.1, 0.15) is 5.69 Å². The van der Waals surface area contributed by atoms with Gasteiger partial charge in [-0.1, -0.05) is 36.0 Å². The fourth-order valence-electron chi connectivity index (χ4n) is 2.97. The molecule has 142 valence electrons. The van der Waals surface area contributed by atoms with E-state index in [1.54, 1.807) is 29.3 Å². The Hall–Kier alpha value is -3.52. The lowest BCUT2D eigenvalue weighted by atomic mass is 10.2. The molecule has 3 heterocycles. The molecule has 5 rings (SSSR count). The monoisotopic (exact) mass is 403 g/mol. The summed E-state index contributed by atoms with van der Waals surface area (Å²) in [5.74, 6) is 0.627. The molecule has 0 saturated heterocycles. The summed E-state index contributed by atoms with van der Waals surface area (Å²) < 4.78 is 20.7. The minimum absolute atomic E-state index is 0.324. The highest BCUT2D eigenvalue weighted by Gasteiger charge is 2.13. The molecule has 0 spiro atoms. The zero-order valence-corrected chi connectivity index (χ0v) is 15.9. The van der Waals surface area contributed by atoms with Gasteiger partial charge >= 0.3 is 0 Å². The summed E-state index contributed by atoms with van der Waals surface area (Å²) in [7, 11) is 0. The minimum Gasteiger partial charge on any atom is -0.444 e. The van der Waals surface area contributed by atoms with Crippen LogP contribution in [-0.4, -0.2) is 24.7 Å². The Morgan fingerprint density at radius 2 is 1.93 bits per heavy atom. The lowest BCUT2D eigenvalue weighted by molar-refractivity contribution is 0.571. The zero-order valence-electron chi connectivity index (χ0n) is 15.1. The summed E-state index contributed by atoms with van der Waals surface area (Å²) >= 11 is 1.52. The summed E-state index contributed by atoms with van der Waals surface area (Å²) in [6.45, 7) is 0. The van der Waals surface area contributed by atoms with Crippen molar-refractivity contribution in [3.63, 3.8) is 0 Å². The van der Waals surface area contributed by atoms with Gasteiger partial charge in [0.1, 0.15) is 23.4 Å². The highest BCUT2D eigenvalue weighted by molar-refractivity contribution is 7.98. The Kier molecular flexibility index (Phi) is 4.53. The molecule has 0 saturated carbocycles. The fraction of sp³-hybridized carbons (Fsp3) is 0.0476. The summed E-state index contributed by atoms with van der Waals surface area (Å²) in [5, 5.41) is 6.15. The van der Waals surface area contributed by atoms with Gasteiger partial charge in [-0.25, -0.2) is 24.0 Å². The molecule has 0 aliphatic carbocycles. The highest BCUT2D eigenvalue weighted by Crippen LogP contribution is 2.29. The van der Waals surface area contributed by atoms with Crippen molar-refractivity contribution in [2.75, 3.05) is 0 Å². The van der Waals surface area contributed by atoms with Crippen molar-refractivity contribution in [1.82, 2.24) is 24.7 Å². The molecule has 0 atom stereocenters. The van der Waals surface area contributed by atoms with Gasteiger partial charge in [0.05, 0.1) is 23.0 Å². The molecule has 0 N–H and O–H groups in total. The maximum Gasteiger partial charge on any atom is 0.226 e. The predicted molar refractivity (Wildman–Crippen MR) is 108 cm³/mol. The van der Waals surface area contributed by atoms with Crippen LogP contribution in [-0.2, 0) is 5.75 Å².